The Morgan fingerprint density at radius 2 is 1.67 bits per heavy atom. The van der Waals surface area contributed by atoms with Gasteiger partial charge in [-0.05, 0) is 85.8 Å². The zero-order valence-electron chi connectivity index (χ0n) is 18.8. The second-order valence-corrected chi connectivity index (χ2v) is 11.5. The zero-order chi connectivity index (χ0) is 22.8. The smallest absolute Gasteiger partial charge is 0.240 e. The minimum Gasteiger partial charge on any atom is -0.374 e. The predicted octanol–water partition coefficient (Wildman–Crippen LogP) is 4.40. The van der Waals surface area contributed by atoms with Crippen LogP contribution in [0.2, 0.25) is 0 Å². The Labute approximate surface area is 196 Å². The molecule has 3 aliphatic rings. The van der Waals surface area contributed by atoms with Crippen molar-refractivity contribution in [3.8, 4) is 0 Å². The molecule has 0 unspecified atom stereocenters. The molecule has 1 aliphatic heterocycles. The number of rotatable bonds is 6. The molecule has 2 N–H and O–H groups in total. The molecule has 0 spiro atoms. The molecule has 1 fully saturated rings. The van der Waals surface area contributed by atoms with Crippen LogP contribution in [0, 0.1) is 17.7 Å². The number of hydrogen-bond donors (Lipinski definition) is 2. The number of benzene rings is 2. The van der Waals surface area contributed by atoms with Gasteiger partial charge in [-0.15, -0.1) is 0 Å². The Balaban J connectivity index is 1.07. The Morgan fingerprint density at radius 3 is 2.42 bits per heavy atom. The fraction of sp³-hybridized carbons (Fsp3) is 0.500. The third-order valence-corrected chi connectivity index (χ3v) is 9.03. The Hall–Kier alpha value is -2.25. The van der Waals surface area contributed by atoms with E-state index in [1.165, 1.54) is 5.56 Å². The van der Waals surface area contributed by atoms with Crippen LogP contribution in [-0.2, 0) is 16.4 Å². The maximum Gasteiger partial charge on any atom is 0.240 e. The largest absolute Gasteiger partial charge is 0.374 e. The Kier molecular flexibility index (Phi) is 6.52. The van der Waals surface area contributed by atoms with Crippen molar-refractivity contribution in [3.05, 3.63) is 65.5 Å². The van der Waals surface area contributed by atoms with Gasteiger partial charge in [-0.25, -0.2) is 17.5 Å². The first-order chi connectivity index (χ1) is 16.0. The molecule has 5 nitrogen and oxygen atoms in total. The number of halogens is 1. The molecule has 0 saturated heterocycles. The summed E-state index contributed by atoms with van der Waals surface area (Å²) < 4.78 is 41.2. The quantitative estimate of drug-likeness (QED) is 0.659. The van der Waals surface area contributed by atoms with Crippen LogP contribution in [0.3, 0.4) is 0 Å². The molecular formula is C26H32FN3O2S. The van der Waals surface area contributed by atoms with Crippen molar-refractivity contribution in [2.75, 3.05) is 13.1 Å². The first kappa shape index (κ1) is 22.5. The summed E-state index contributed by atoms with van der Waals surface area (Å²) in [6.07, 6.45) is 7.11. The number of amidine groups is 1. The van der Waals surface area contributed by atoms with Gasteiger partial charge in [-0.2, -0.15) is 0 Å². The molecule has 176 valence electrons. The second-order valence-electron chi connectivity index (χ2n) is 9.77. The Morgan fingerprint density at radius 1 is 0.939 bits per heavy atom. The number of aryl methyl sites for hydroxylation is 1. The zero-order valence-corrected chi connectivity index (χ0v) is 19.7. The highest BCUT2D eigenvalue weighted by Gasteiger charge is 2.35. The molecule has 0 radical (unpaired) electrons. The molecule has 1 heterocycles. The summed E-state index contributed by atoms with van der Waals surface area (Å²) in [6.45, 7) is 1.43. The van der Waals surface area contributed by atoms with Gasteiger partial charge >= 0.3 is 0 Å². The molecule has 0 bridgehead atoms. The molecule has 2 aromatic carbocycles. The third-order valence-electron chi connectivity index (χ3n) is 7.59. The minimum absolute atomic E-state index is 0.145. The van der Waals surface area contributed by atoms with Crippen molar-refractivity contribution in [3.63, 3.8) is 0 Å². The van der Waals surface area contributed by atoms with E-state index in [4.69, 9.17) is 4.99 Å². The molecule has 7 heteroatoms. The van der Waals surface area contributed by atoms with Gasteiger partial charge in [-0.3, -0.25) is 4.99 Å². The summed E-state index contributed by atoms with van der Waals surface area (Å²) in [5.74, 6) is 2.32. The van der Waals surface area contributed by atoms with Gasteiger partial charge < -0.3 is 5.32 Å². The predicted molar refractivity (Wildman–Crippen MR) is 128 cm³/mol. The van der Waals surface area contributed by atoms with Gasteiger partial charge in [0, 0.05) is 25.4 Å². The van der Waals surface area contributed by atoms with Crippen molar-refractivity contribution in [1.29, 1.82) is 0 Å². The van der Waals surface area contributed by atoms with Gasteiger partial charge in [0.1, 0.15) is 5.82 Å². The highest BCUT2D eigenvalue weighted by Crippen LogP contribution is 2.40. The van der Waals surface area contributed by atoms with E-state index < -0.39 is 10.0 Å². The van der Waals surface area contributed by atoms with Gasteiger partial charge in [0.05, 0.1) is 16.8 Å². The van der Waals surface area contributed by atoms with Gasteiger partial charge in [0.15, 0.2) is 0 Å². The van der Waals surface area contributed by atoms with E-state index in [9.17, 15) is 12.8 Å². The highest BCUT2D eigenvalue weighted by atomic mass is 32.2. The van der Waals surface area contributed by atoms with Crippen molar-refractivity contribution in [1.82, 2.24) is 10.0 Å². The Bertz CT molecular complexity index is 1110. The summed E-state index contributed by atoms with van der Waals surface area (Å²) in [7, 11) is -3.43. The molecule has 2 aromatic rings. The summed E-state index contributed by atoms with van der Waals surface area (Å²) in [5.41, 5.74) is 2.42. The maximum absolute atomic E-state index is 13.6. The van der Waals surface area contributed by atoms with Crippen molar-refractivity contribution in [2.45, 2.75) is 61.8 Å². The molecule has 1 saturated carbocycles. The van der Waals surface area contributed by atoms with Crippen LogP contribution in [0.1, 0.15) is 55.6 Å². The highest BCUT2D eigenvalue weighted by molar-refractivity contribution is 7.89. The lowest BCUT2D eigenvalue weighted by Gasteiger charge is -2.29. The number of aliphatic imine (C=N–C) groups is 1. The summed E-state index contributed by atoms with van der Waals surface area (Å²) >= 11 is 0. The average Bonchev–Trinajstić information content (AvgIpc) is 3.26. The molecule has 0 amide bonds. The first-order valence-corrected chi connectivity index (χ1v) is 13.6. The minimum atomic E-state index is -3.43. The molecule has 33 heavy (non-hydrogen) atoms. The number of nitrogens with zero attached hydrogens (tertiary/aromatic N) is 1. The summed E-state index contributed by atoms with van der Waals surface area (Å²) in [5, 5.41) is 3.61. The maximum atomic E-state index is 13.6. The van der Waals surface area contributed by atoms with Crippen LogP contribution in [-0.4, -0.2) is 33.4 Å². The van der Waals surface area contributed by atoms with E-state index in [-0.39, 0.29) is 5.82 Å². The van der Waals surface area contributed by atoms with E-state index in [1.54, 1.807) is 36.4 Å². The van der Waals surface area contributed by atoms with E-state index in [1.807, 2.05) is 12.1 Å². The fourth-order valence-corrected chi connectivity index (χ4v) is 6.79. The van der Waals surface area contributed by atoms with Crippen molar-refractivity contribution < 1.29 is 12.8 Å². The standard InChI is InChI=1S/C26H32FN3O2S/c27-21-11-12-23-20(14-21)10-13-25-24(23)15-26(30-25)28-16-18-6-8-19(9-7-18)17-29-33(31,32)22-4-2-1-3-5-22/h1-5,11-12,14,18-19,24-25,29H,6-10,13,15-17H2,(H,28,30)/t18?,19?,24-,25+/m1/s1. The molecule has 5 rings (SSSR count). The van der Waals surface area contributed by atoms with Crippen LogP contribution < -0.4 is 10.0 Å². The SMILES string of the molecule is O=S(=O)(NCC1CCC(CNC2=N[C@H]3CCc4cc(F)ccc4[C@H]3C2)CC1)c1ccccc1. The number of nitrogens with one attached hydrogen (secondary N) is 2. The number of fused-ring (bicyclic) bond motifs is 3. The third kappa shape index (κ3) is 5.14. The van der Waals surface area contributed by atoms with E-state index >= 15 is 0 Å². The van der Waals surface area contributed by atoms with E-state index in [0.29, 0.717) is 35.2 Å². The normalized spacial score (nSPS) is 26.9. The van der Waals surface area contributed by atoms with Crippen LogP contribution in [0.5, 0.6) is 0 Å². The van der Waals surface area contributed by atoms with Crippen molar-refractivity contribution in [2.24, 2.45) is 16.8 Å². The van der Waals surface area contributed by atoms with Gasteiger partial charge in [-0.1, -0.05) is 24.3 Å². The van der Waals surface area contributed by atoms with E-state index in [2.05, 4.69) is 10.0 Å². The lowest BCUT2D eigenvalue weighted by Crippen LogP contribution is -2.34. The van der Waals surface area contributed by atoms with Crippen LogP contribution in [0.15, 0.2) is 58.4 Å². The fourth-order valence-electron chi connectivity index (χ4n) is 5.66. The molecule has 2 aliphatic carbocycles. The number of sulfonamides is 1. The summed E-state index contributed by atoms with van der Waals surface area (Å²) in [6, 6.07) is 14.1. The number of hydrogen-bond acceptors (Lipinski definition) is 4. The second kappa shape index (κ2) is 9.55. The topological polar surface area (TPSA) is 70.6 Å². The lowest BCUT2D eigenvalue weighted by molar-refractivity contribution is 0.275. The van der Waals surface area contributed by atoms with Crippen LogP contribution in [0.4, 0.5) is 4.39 Å². The summed E-state index contributed by atoms with van der Waals surface area (Å²) in [4.78, 5) is 5.28. The van der Waals surface area contributed by atoms with E-state index in [0.717, 1.165) is 62.9 Å². The molecule has 2 atom stereocenters. The van der Waals surface area contributed by atoms with Gasteiger partial charge in [0.25, 0.3) is 0 Å². The van der Waals surface area contributed by atoms with Crippen LogP contribution in [0.25, 0.3) is 0 Å². The first-order valence-electron chi connectivity index (χ1n) is 12.1. The lowest BCUT2D eigenvalue weighted by atomic mass is 9.79. The molecular weight excluding hydrogens is 437 g/mol. The van der Waals surface area contributed by atoms with Crippen LogP contribution >= 0.6 is 0 Å². The van der Waals surface area contributed by atoms with Gasteiger partial charge in [0.2, 0.25) is 10.0 Å². The average molecular weight is 470 g/mol. The molecule has 0 aromatic heterocycles. The monoisotopic (exact) mass is 469 g/mol. The van der Waals surface area contributed by atoms with Crippen molar-refractivity contribution >= 4 is 15.9 Å².